The summed E-state index contributed by atoms with van der Waals surface area (Å²) in [6, 6.07) is 7.16. The zero-order valence-electron chi connectivity index (χ0n) is 18.7. The SMILES string of the molecule is CCOC(=O)c1c(NC(=O)Cc2ccc(OC)cc2)sc(C(=O)OC2CCCCC2)c1C. The summed E-state index contributed by atoms with van der Waals surface area (Å²) in [5, 5.41) is 3.09. The smallest absolute Gasteiger partial charge is 0.348 e. The van der Waals surface area contributed by atoms with E-state index in [4.69, 9.17) is 14.2 Å². The van der Waals surface area contributed by atoms with Gasteiger partial charge in [0.25, 0.3) is 0 Å². The monoisotopic (exact) mass is 459 g/mol. The molecule has 32 heavy (non-hydrogen) atoms. The van der Waals surface area contributed by atoms with E-state index in [-0.39, 0.29) is 30.6 Å². The molecule has 7 nitrogen and oxygen atoms in total. The molecule has 1 amide bonds. The van der Waals surface area contributed by atoms with Crippen LogP contribution in [0.15, 0.2) is 24.3 Å². The normalized spacial score (nSPS) is 14.0. The number of rotatable bonds is 8. The molecule has 0 atom stereocenters. The van der Waals surface area contributed by atoms with Gasteiger partial charge in [-0.2, -0.15) is 0 Å². The molecular formula is C24H29NO6S. The average molecular weight is 460 g/mol. The number of hydrogen-bond acceptors (Lipinski definition) is 7. The van der Waals surface area contributed by atoms with Crippen molar-refractivity contribution < 1.29 is 28.6 Å². The van der Waals surface area contributed by atoms with Crippen LogP contribution >= 0.6 is 11.3 Å². The summed E-state index contributed by atoms with van der Waals surface area (Å²) in [6.45, 7) is 3.58. The van der Waals surface area contributed by atoms with Crippen LogP contribution in [0.25, 0.3) is 0 Å². The number of benzene rings is 1. The summed E-state index contributed by atoms with van der Waals surface area (Å²) in [7, 11) is 1.58. The highest BCUT2D eigenvalue weighted by Gasteiger charge is 2.29. The molecule has 0 unspecified atom stereocenters. The van der Waals surface area contributed by atoms with E-state index in [9.17, 15) is 14.4 Å². The fraction of sp³-hybridized carbons (Fsp3) is 0.458. The van der Waals surface area contributed by atoms with Crippen LogP contribution in [-0.4, -0.2) is 37.7 Å². The molecule has 2 aromatic rings. The number of nitrogens with one attached hydrogen (secondary N) is 1. The average Bonchev–Trinajstić information content (AvgIpc) is 3.10. The van der Waals surface area contributed by atoms with Crippen molar-refractivity contribution in [3.05, 3.63) is 45.8 Å². The Kier molecular flexibility index (Phi) is 8.27. The third-order valence-electron chi connectivity index (χ3n) is 5.41. The molecule has 172 valence electrons. The Morgan fingerprint density at radius 3 is 2.38 bits per heavy atom. The van der Waals surface area contributed by atoms with Crippen LogP contribution in [-0.2, 0) is 20.7 Å². The third kappa shape index (κ3) is 5.88. The van der Waals surface area contributed by atoms with Gasteiger partial charge in [-0.05, 0) is 62.8 Å². The lowest BCUT2D eigenvalue weighted by molar-refractivity contribution is -0.115. The number of amides is 1. The van der Waals surface area contributed by atoms with E-state index >= 15 is 0 Å². The zero-order valence-corrected chi connectivity index (χ0v) is 19.5. The number of methoxy groups -OCH3 is 1. The van der Waals surface area contributed by atoms with Crippen molar-refractivity contribution >= 4 is 34.2 Å². The lowest BCUT2D eigenvalue weighted by Gasteiger charge is -2.21. The van der Waals surface area contributed by atoms with Crippen LogP contribution in [0.2, 0.25) is 0 Å². The molecule has 1 aromatic carbocycles. The molecular weight excluding hydrogens is 430 g/mol. The van der Waals surface area contributed by atoms with Gasteiger partial charge in [0, 0.05) is 0 Å². The van der Waals surface area contributed by atoms with Gasteiger partial charge >= 0.3 is 11.9 Å². The zero-order chi connectivity index (χ0) is 23.1. The maximum atomic E-state index is 12.8. The molecule has 1 heterocycles. The Bertz CT molecular complexity index is 960. The topological polar surface area (TPSA) is 90.9 Å². The van der Waals surface area contributed by atoms with Crippen LogP contribution in [0.1, 0.15) is 70.2 Å². The summed E-state index contributed by atoms with van der Waals surface area (Å²) >= 11 is 1.05. The quantitative estimate of drug-likeness (QED) is 0.564. The minimum Gasteiger partial charge on any atom is -0.497 e. The summed E-state index contributed by atoms with van der Waals surface area (Å²) in [5.41, 5.74) is 1.47. The van der Waals surface area contributed by atoms with Gasteiger partial charge in [0.05, 0.1) is 25.7 Å². The van der Waals surface area contributed by atoms with Crippen molar-refractivity contribution in [2.45, 2.75) is 58.5 Å². The maximum Gasteiger partial charge on any atom is 0.348 e. The van der Waals surface area contributed by atoms with E-state index in [0.717, 1.165) is 49.0 Å². The van der Waals surface area contributed by atoms with E-state index in [0.29, 0.717) is 21.2 Å². The highest BCUT2D eigenvalue weighted by atomic mass is 32.1. The molecule has 1 aromatic heterocycles. The Balaban J connectivity index is 1.79. The summed E-state index contributed by atoms with van der Waals surface area (Å²) in [6.07, 6.45) is 4.97. The minimum absolute atomic E-state index is 0.100. The lowest BCUT2D eigenvalue weighted by Crippen LogP contribution is -2.21. The van der Waals surface area contributed by atoms with Crippen molar-refractivity contribution in [1.29, 1.82) is 0 Å². The van der Waals surface area contributed by atoms with Crippen molar-refractivity contribution in [3.8, 4) is 5.75 Å². The molecule has 1 aliphatic rings. The highest BCUT2D eigenvalue weighted by Crippen LogP contribution is 2.35. The second-order valence-corrected chi connectivity index (χ2v) is 8.74. The van der Waals surface area contributed by atoms with Crippen molar-refractivity contribution in [2.75, 3.05) is 19.0 Å². The number of thiophene rings is 1. The van der Waals surface area contributed by atoms with Crippen LogP contribution in [0, 0.1) is 6.92 Å². The van der Waals surface area contributed by atoms with Gasteiger partial charge in [-0.25, -0.2) is 9.59 Å². The van der Waals surface area contributed by atoms with E-state index in [1.54, 1.807) is 45.2 Å². The van der Waals surface area contributed by atoms with E-state index in [1.165, 1.54) is 0 Å². The largest absolute Gasteiger partial charge is 0.497 e. The molecule has 1 aliphatic carbocycles. The predicted octanol–water partition coefficient (Wildman–Crippen LogP) is 4.91. The molecule has 1 saturated carbocycles. The second-order valence-electron chi connectivity index (χ2n) is 7.72. The van der Waals surface area contributed by atoms with Crippen molar-refractivity contribution in [3.63, 3.8) is 0 Å². The third-order valence-corrected chi connectivity index (χ3v) is 6.60. The molecule has 0 saturated heterocycles. The Hall–Kier alpha value is -2.87. The Morgan fingerprint density at radius 1 is 1.06 bits per heavy atom. The van der Waals surface area contributed by atoms with Gasteiger partial charge in [-0.3, -0.25) is 4.79 Å². The van der Waals surface area contributed by atoms with Gasteiger partial charge in [0.15, 0.2) is 0 Å². The molecule has 0 bridgehead atoms. The molecule has 8 heteroatoms. The predicted molar refractivity (Wildman–Crippen MR) is 123 cm³/mol. The number of ether oxygens (including phenoxy) is 3. The first-order valence-corrected chi connectivity index (χ1v) is 11.7. The second kappa shape index (κ2) is 11.1. The van der Waals surface area contributed by atoms with Gasteiger partial charge < -0.3 is 19.5 Å². The van der Waals surface area contributed by atoms with E-state index < -0.39 is 11.9 Å². The molecule has 0 radical (unpaired) electrons. The van der Waals surface area contributed by atoms with Crippen LogP contribution < -0.4 is 10.1 Å². The molecule has 3 rings (SSSR count). The van der Waals surface area contributed by atoms with Crippen molar-refractivity contribution in [1.82, 2.24) is 0 Å². The number of carbonyl (C=O) groups is 3. The lowest BCUT2D eigenvalue weighted by atomic mass is 9.98. The van der Waals surface area contributed by atoms with E-state index in [2.05, 4.69) is 5.32 Å². The summed E-state index contributed by atoms with van der Waals surface area (Å²) in [4.78, 5) is 38.4. The maximum absolute atomic E-state index is 12.8. The standard InChI is InChI=1S/C24H29NO6S/c1-4-30-23(27)20-15(2)21(24(28)31-18-8-6-5-7-9-18)32-22(20)25-19(26)14-16-10-12-17(29-3)13-11-16/h10-13,18H,4-9,14H2,1-3H3,(H,25,26). The fourth-order valence-corrected chi connectivity index (χ4v) is 4.83. The first-order valence-electron chi connectivity index (χ1n) is 10.9. The number of carbonyl (C=O) groups excluding carboxylic acids is 3. The number of anilines is 1. The Labute approximate surface area is 192 Å². The Morgan fingerprint density at radius 2 is 1.75 bits per heavy atom. The van der Waals surface area contributed by atoms with Crippen LogP contribution in [0.5, 0.6) is 5.75 Å². The van der Waals surface area contributed by atoms with E-state index in [1.807, 2.05) is 0 Å². The van der Waals surface area contributed by atoms with Crippen LogP contribution in [0.4, 0.5) is 5.00 Å². The summed E-state index contributed by atoms with van der Waals surface area (Å²) < 4.78 is 16.0. The molecule has 0 spiro atoms. The van der Waals surface area contributed by atoms with Gasteiger partial charge in [-0.1, -0.05) is 18.6 Å². The van der Waals surface area contributed by atoms with Gasteiger partial charge in [0.2, 0.25) is 5.91 Å². The van der Waals surface area contributed by atoms with Crippen LogP contribution in [0.3, 0.4) is 0 Å². The highest BCUT2D eigenvalue weighted by molar-refractivity contribution is 7.18. The van der Waals surface area contributed by atoms with Gasteiger partial charge in [-0.15, -0.1) is 11.3 Å². The van der Waals surface area contributed by atoms with Crippen molar-refractivity contribution in [2.24, 2.45) is 0 Å². The first-order chi connectivity index (χ1) is 15.4. The fourth-order valence-electron chi connectivity index (χ4n) is 3.73. The summed E-state index contributed by atoms with van der Waals surface area (Å²) in [5.74, 6) is -0.624. The number of hydrogen-bond donors (Lipinski definition) is 1. The number of esters is 2. The first kappa shape index (κ1) is 23.8. The molecule has 0 aliphatic heterocycles. The molecule has 1 N–H and O–H groups in total. The van der Waals surface area contributed by atoms with Gasteiger partial charge in [0.1, 0.15) is 21.7 Å². The molecule has 1 fully saturated rings. The minimum atomic E-state index is -0.572.